The monoisotopic (exact) mass is 419 g/mol. The van der Waals surface area contributed by atoms with Crippen LogP contribution in [0, 0.1) is 12.7 Å². The van der Waals surface area contributed by atoms with Gasteiger partial charge in [0.2, 0.25) is 0 Å². The van der Waals surface area contributed by atoms with Crippen LogP contribution in [0.3, 0.4) is 0 Å². The molecule has 0 saturated heterocycles. The van der Waals surface area contributed by atoms with E-state index in [0.717, 1.165) is 29.8 Å². The maximum Gasteiger partial charge on any atom is 0.357 e. The fourth-order valence-corrected chi connectivity index (χ4v) is 3.44. The number of pyridine rings is 1. The molecule has 1 aromatic heterocycles. The first-order valence-corrected chi connectivity index (χ1v) is 9.91. The van der Waals surface area contributed by atoms with Crippen molar-refractivity contribution in [2.75, 3.05) is 0 Å². The minimum absolute atomic E-state index is 0.227. The minimum atomic E-state index is -4.33. The summed E-state index contributed by atoms with van der Waals surface area (Å²) in [5, 5.41) is 0.582. The molecule has 0 saturated carbocycles. The topological polar surface area (TPSA) is 65.4 Å². The fourth-order valence-electron chi connectivity index (χ4n) is 2.41. The summed E-state index contributed by atoms with van der Waals surface area (Å²) in [6.45, 7) is 1.71. The van der Waals surface area contributed by atoms with Crippen molar-refractivity contribution in [1.82, 2.24) is 4.73 Å². The smallest absolute Gasteiger partial charge is 0.280 e. The average molecular weight is 420 g/mol. The largest absolute Gasteiger partial charge is 0.357 e. The molecule has 3 aromatic rings. The second kappa shape index (κ2) is 8.00. The van der Waals surface area contributed by atoms with Crippen molar-refractivity contribution >= 4 is 33.9 Å². The first-order valence-electron chi connectivity index (χ1n) is 8.12. The molecule has 144 valence electrons. The highest BCUT2D eigenvalue weighted by molar-refractivity contribution is 7.87. The van der Waals surface area contributed by atoms with Crippen LogP contribution in [0.4, 0.5) is 4.39 Å². The highest BCUT2D eigenvalue weighted by Gasteiger charge is 2.19. The van der Waals surface area contributed by atoms with E-state index < -0.39 is 21.5 Å². The van der Waals surface area contributed by atoms with E-state index in [-0.39, 0.29) is 10.6 Å². The summed E-state index contributed by atoms with van der Waals surface area (Å²) in [6.07, 6.45) is 3.24. The standard InChI is InChI=1S/C20H15ClFNO4S/c1-14-12-18(9-4-15-2-5-16(21)6-3-15)23(20(24)13-14)27-28(25,26)19-10-7-17(22)8-11-19/h2-13H,1H3/b9-4+. The summed E-state index contributed by atoms with van der Waals surface area (Å²) in [5.41, 5.74) is 1.01. The van der Waals surface area contributed by atoms with Crippen LogP contribution in [0.2, 0.25) is 5.02 Å². The fraction of sp³-hybridized carbons (Fsp3) is 0.0500. The SMILES string of the molecule is Cc1cc(/C=C/c2ccc(Cl)cc2)n(OS(=O)(=O)c2ccc(F)cc2)c(=O)c1. The van der Waals surface area contributed by atoms with E-state index in [1.807, 2.05) is 0 Å². The van der Waals surface area contributed by atoms with Gasteiger partial charge in [0.05, 0.1) is 5.69 Å². The van der Waals surface area contributed by atoms with E-state index in [1.54, 1.807) is 49.4 Å². The average Bonchev–Trinajstić information content (AvgIpc) is 2.64. The zero-order chi connectivity index (χ0) is 20.3. The molecule has 0 aliphatic heterocycles. The quantitative estimate of drug-likeness (QED) is 0.628. The van der Waals surface area contributed by atoms with E-state index in [4.69, 9.17) is 15.9 Å². The molecule has 0 spiro atoms. The number of halogens is 2. The lowest BCUT2D eigenvalue weighted by molar-refractivity contribution is 0.264. The number of benzene rings is 2. The van der Waals surface area contributed by atoms with Crippen molar-refractivity contribution in [3.8, 4) is 0 Å². The van der Waals surface area contributed by atoms with Crippen LogP contribution in [0.1, 0.15) is 16.8 Å². The van der Waals surface area contributed by atoms with Crippen LogP contribution in [-0.2, 0) is 10.1 Å². The molecule has 0 aliphatic rings. The van der Waals surface area contributed by atoms with Crippen molar-refractivity contribution in [3.63, 3.8) is 0 Å². The predicted molar refractivity (Wildman–Crippen MR) is 106 cm³/mol. The van der Waals surface area contributed by atoms with Crippen molar-refractivity contribution in [2.45, 2.75) is 11.8 Å². The van der Waals surface area contributed by atoms with Crippen LogP contribution in [0.5, 0.6) is 0 Å². The van der Waals surface area contributed by atoms with Crippen LogP contribution in [-0.4, -0.2) is 13.1 Å². The molecule has 0 radical (unpaired) electrons. The Kier molecular flexibility index (Phi) is 5.67. The minimum Gasteiger partial charge on any atom is -0.280 e. The highest BCUT2D eigenvalue weighted by atomic mass is 35.5. The van der Waals surface area contributed by atoms with Gasteiger partial charge in [0.1, 0.15) is 10.7 Å². The molecule has 0 amide bonds. The number of aromatic nitrogens is 1. The molecule has 28 heavy (non-hydrogen) atoms. The summed E-state index contributed by atoms with van der Waals surface area (Å²) in [5.74, 6) is -0.585. The number of nitrogens with zero attached hydrogens (tertiary/aromatic N) is 1. The molecule has 0 unspecified atom stereocenters. The number of hydrogen-bond acceptors (Lipinski definition) is 4. The Morgan fingerprint density at radius 1 is 1.00 bits per heavy atom. The van der Waals surface area contributed by atoms with Crippen molar-refractivity contribution in [3.05, 3.63) is 98.7 Å². The Balaban J connectivity index is 2.00. The van der Waals surface area contributed by atoms with E-state index in [1.165, 1.54) is 6.07 Å². The molecule has 0 atom stereocenters. The predicted octanol–water partition coefficient (Wildman–Crippen LogP) is 3.94. The first kappa shape index (κ1) is 19.9. The van der Waals surface area contributed by atoms with Crippen molar-refractivity contribution < 1.29 is 17.1 Å². The van der Waals surface area contributed by atoms with Gasteiger partial charge in [-0.05, 0) is 66.6 Å². The third-order valence-electron chi connectivity index (χ3n) is 3.75. The molecule has 0 aliphatic carbocycles. The molecule has 0 fully saturated rings. The van der Waals surface area contributed by atoms with Gasteiger partial charge in [-0.15, -0.1) is 4.73 Å². The zero-order valence-corrected chi connectivity index (χ0v) is 16.2. The Morgan fingerprint density at radius 2 is 1.64 bits per heavy atom. The normalized spacial score (nSPS) is 11.7. The molecule has 5 nitrogen and oxygen atoms in total. The van der Waals surface area contributed by atoms with Gasteiger partial charge < -0.3 is 0 Å². The van der Waals surface area contributed by atoms with E-state index in [9.17, 15) is 17.6 Å². The molecule has 0 bridgehead atoms. The van der Waals surface area contributed by atoms with Gasteiger partial charge in [0.15, 0.2) is 0 Å². The van der Waals surface area contributed by atoms with Gasteiger partial charge >= 0.3 is 10.1 Å². The molecule has 1 heterocycles. The lowest BCUT2D eigenvalue weighted by Gasteiger charge is -2.12. The van der Waals surface area contributed by atoms with Crippen molar-refractivity contribution in [2.24, 2.45) is 0 Å². The van der Waals surface area contributed by atoms with Gasteiger partial charge in [-0.3, -0.25) is 9.08 Å². The van der Waals surface area contributed by atoms with E-state index in [2.05, 4.69) is 0 Å². The third kappa shape index (κ3) is 4.68. The Bertz CT molecular complexity index is 1180. The third-order valence-corrected chi connectivity index (χ3v) is 5.20. The number of rotatable bonds is 5. The number of aryl methyl sites for hydroxylation is 1. The molecule has 2 aromatic carbocycles. The number of hydrogen-bond donors (Lipinski definition) is 0. The molecular formula is C20H15ClFNO4S. The van der Waals surface area contributed by atoms with Crippen LogP contribution < -0.4 is 9.84 Å². The van der Waals surface area contributed by atoms with Gasteiger partial charge in [0.25, 0.3) is 5.56 Å². The Hall–Kier alpha value is -2.90. The zero-order valence-electron chi connectivity index (χ0n) is 14.7. The van der Waals surface area contributed by atoms with Gasteiger partial charge in [-0.2, -0.15) is 8.42 Å². The molecule has 8 heteroatoms. The molecular weight excluding hydrogens is 405 g/mol. The summed E-state index contributed by atoms with van der Waals surface area (Å²) in [7, 11) is -4.33. The highest BCUT2D eigenvalue weighted by Crippen LogP contribution is 2.15. The van der Waals surface area contributed by atoms with Gasteiger partial charge in [-0.25, -0.2) is 4.39 Å². The maximum atomic E-state index is 13.1. The summed E-state index contributed by atoms with van der Waals surface area (Å²) in [6, 6.07) is 13.9. The first-order chi connectivity index (χ1) is 13.2. The second-order valence-corrected chi connectivity index (χ2v) is 7.92. The van der Waals surface area contributed by atoms with Gasteiger partial charge in [-0.1, -0.05) is 29.8 Å². The lowest BCUT2D eigenvalue weighted by atomic mass is 10.2. The summed E-state index contributed by atoms with van der Waals surface area (Å²) >= 11 is 5.86. The molecule has 3 rings (SSSR count). The van der Waals surface area contributed by atoms with Crippen LogP contribution >= 0.6 is 11.6 Å². The van der Waals surface area contributed by atoms with Gasteiger partial charge in [0, 0.05) is 11.1 Å². The maximum absolute atomic E-state index is 13.1. The second-order valence-electron chi connectivity index (χ2n) is 5.96. The Labute approximate surface area is 166 Å². The Morgan fingerprint density at radius 3 is 2.29 bits per heavy atom. The summed E-state index contributed by atoms with van der Waals surface area (Å²) < 4.78 is 43.7. The van der Waals surface area contributed by atoms with Crippen LogP contribution in [0.15, 0.2) is 70.4 Å². The van der Waals surface area contributed by atoms with E-state index in [0.29, 0.717) is 15.3 Å². The van der Waals surface area contributed by atoms with E-state index >= 15 is 0 Å². The van der Waals surface area contributed by atoms with Crippen LogP contribution in [0.25, 0.3) is 12.2 Å². The summed E-state index contributed by atoms with van der Waals surface area (Å²) in [4.78, 5) is 12.1. The molecule has 0 N–H and O–H groups in total. The lowest BCUT2D eigenvalue weighted by Crippen LogP contribution is -2.32. The van der Waals surface area contributed by atoms with Crippen molar-refractivity contribution in [1.29, 1.82) is 0 Å².